The molecule has 7 nitrogen and oxygen atoms in total. The van der Waals surface area contributed by atoms with Gasteiger partial charge < -0.3 is 15.2 Å². The molecule has 1 fully saturated rings. The Balaban J connectivity index is 1.82. The molecule has 1 saturated carbocycles. The number of amides is 1. The van der Waals surface area contributed by atoms with Crippen molar-refractivity contribution in [2.45, 2.75) is 38.8 Å². The van der Waals surface area contributed by atoms with E-state index in [-0.39, 0.29) is 11.6 Å². The van der Waals surface area contributed by atoms with E-state index >= 15 is 0 Å². The molecule has 1 aliphatic rings. The molecule has 0 atom stereocenters. The summed E-state index contributed by atoms with van der Waals surface area (Å²) < 4.78 is 1.59. The van der Waals surface area contributed by atoms with Crippen molar-refractivity contribution in [2.24, 2.45) is 0 Å². The van der Waals surface area contributed by atoms with E-state index in [1.54, 1.807) is 4.57 Å². The molecule has 0 spiro atoms. The van der Waals surface area contributed by atoms with Crippen molar-refractivity contribution in [1.82, 2.24) is 15.2 Å². The lowest BCUT2D eigenvalue weighted by Gasteiger charge is -2.07. The summed E-state index contributed by atoms with van der Waals surface area (Å²) >= 11 is 0. The number of nitrogens with zero attached hydrogens (tertiary/aromatic N) is 2. The Labute approximate surface area is 117 Å². The highest BCUT2D eigenvalue weighted by Crippen LogP contribution is 2.18. The zero-order valence-corrected chi connectivity index (χ0v) is 11.6. The molecule has 0 aromatic carbocycles. The smallest absolute Gasteiger partial charge is 0.287 e. The fraction of sp³-hybridized carbons (Fsp3) is 0.615. The van der Waals surface area contributed by atoms with Crippen LogP contribution in [0.15, 0.2) is 12.3 Å². The molecule has 1 amide bonds. The van der Waals surface area contributed by atoms with Crippen LogP contribution in [0.25, 0.3) is 0 Å². The number of carbonyl (C=O) groups excluding carboxylic acids is 1. The number of aromatic nitrogens is 1. The van der Waals surface area contributed by atoms with Crippen molar-refractivity contribution in [3.8, 4) is 0 Å². The van der Waals surface area contributed by atoms with E-state index in [1.165, 1.54) is 25.1 Å². The molecule has 110 valence electrons. The van der Waals surface area contributed by atoms with E-state index in [1.807, 2.05) is 6.92 Å². The Morgan fingerprint density at radius 3 is 2.85 bits per heavy atom. The minimum Gasteiger partial charge on any atom is -0.351 e. The average Bonchev–Trinajstić information content (AvgIpc) is 3.14. The molecule has 1 aromatic rings. The van der Waals surface area contributed by atoms with Gasteiger partial charge in [-0.3, -0.25) is 14.9 Å². The normalized spacial score (nSPS) is 14.2. The van der Waals surface area contributed by atoms with E-state index in [0.29, 0.717) is 24.8 Å². The number of hydrogen-bond acceptors (Lipinski definition) is 4. The second-order valence-electron chi connectivity index (χ2n) is 4.96. The Bertz CT molecular complexity index is 494. The van der Waals surface area contributed by atoms with Gasteiger partial charge >= 0.3 is 0 Å². The van der Waals surface area contributed by atoms with Crippen LogP contribution in [0.1, 0.15) is 36.7 Å². The quantitative estimate of drug-likeness (QED) is 0.426. The van der Waals surface area contributed by atoms with Gasteiger partial charge in [0.25, 0.3) is 11.6 Å². The van der Waals surface area contributed by atoms with Gasteiger partial charge in [-0.2, -0.15) is 0 Å². The number of nitro groups is 1. The lowest BCUT2D eigenvalue weighted by Crippen LogP contribution is -2.29. The second-order valence-corrected chi connectivity index (χ2v) is 4.96. The third kappa shape index (κ3) is 3.80. The van der Waals surface area contributed by atoms with Crippen molar-refractivity contribution in [1.29, 1.82) is 0 Å². The fourth-order valence-electron chi connectivity index (χ4n) is 2.02. The third-order valence-corrected chi connectivity index (χ3v) is 3.32. The molecule has 20 heavy (non-hydrogen) atoms. The SMILES string of the molecule is CCn1cc([N+](=O)[O-])cc1C(=O)NCCCNC1CC1. The highest BCUT2D eigenvalue weighted by atomic mass is 16.6. The minimum absolute atomic E-state index is 0.0487. The molecular formula is C13H20N4O3. The predicted octanol–water partition coefficient (Wildman–Crippen LogP) is 1.29. The van der Waals surface area contributed by atoms with Crippen LogP contribution in [-0.2, 0) is 6.54 Å². The molecule has 2 rings (SSSR count). The molecule has 1 aliphatic carbocycles. The molecule has 0 unspecified atom stereocenters. The van der Waals surface area contributed by atoms with Crippen LogP contribution < -0.4 is 10.6 Å². The van der Waals surface area contributed by atoms with Crippen molar-refractivity contribution in [3.05, 3.63) is 28.1 Å². The van der Waals surface area contributed by atoms with Gasteiger partial charge in [0.05, 0.1) is 11.1 Å². The van der Waals surface area contributed by atoms with Crippen molar-refractivity contribution < 1.29 is 9.72 Å². The van der Waals surface area contributed by atoms with Crippen LogP contribution >= 0.6 is 0 Å². The summed E-state index contributed by atoms with van der Waals surface area (Å²) in [6.45, 7) is 3.83. The number of carbonyl (C=O) groups is 1. The molecule has 0 saturated heterocycles. The van der Waals surface area contributed by atoms with E-state index in [9.17, 15) is 14.9 Å². The van der Waals surface area contributed by atoms with Crippen LogP contribution in [0, 0.1) is 10.1 Å². The Morgan fingerprint density at radius 1 is 1.50 bits per heavy atom. The molecule has 7 heteroatoms. The molecule has 1 heterocycles. The summed E-state index contributed by atoms with van der Waals surface area (Å²) in [5.41, 5.74) is 0.293. The average molecular weight is 280 g/mol. The molecular weight excluding hydrogens is 260 g/mol. The van der Waals surface area contributed by atoms with Gasteiger partial charge in [0, 0.05) is 25.2 Å². The largest absolute Gasteiger partial charge is 0.351 e. The number of rotatable bonds is 8. The van der Waals surface area contributed by atoms with Gasteiger partial charge in [-0.25, -0.2) is 0 Å². The molecule has 2 N–H and O–H groups in total. The van der Waals surface area contributed by atoms with Crippen LogP contribution in [0.5, 0.6) is 0 Å². The summed E-state index contributed by atoms with van der Waals surface area (Å²) in [4.78, 5) is 22.2. The maximum Gasteiger partial charge on any atom is 0.287 e. The summed E-state index contributed by atoms with van der Waals surface area (Å²) in [6.07, 6.45) is 4.75. The molecule has 0 aliphatic heterocycles. The maximum absolute atomic E-state index is 12.0. The van der Waals surface area contributed by atoms with Gasteiger partial charge in [-0.05, 0) is 32.7 Å². The first-order valence-corrected chi connectivity index (χ1v) is 6.98. The Hall–Kier alpha value is -1.89. The number of nitrogens with one attached hydrogen (secondary N) is 2. The Morgan fingerprint density at radius 2 is 2.25 bits per heavy atom. The zero-order valence-electron chi connectivity index (χ0n) is 11.6. The van der Waals surface area contributed by atoms with Crippen LogP contribution in [0.4, 0.5) is 5.69 Å². The van der Waals surface area contributed by atoms with Gasteiger partial charge in [0.1, 0.15) is 5.69 Å². The maximum atomic E-state index is 12.0. The predicted molar refractivity (Wildman–Crippen MR) is 74.7 cm³/mol. The summed E-state index contributed by atoms with van der Waals surface area (Å²) in [6, 6.07) is 1.99. The minimum atomic E-state index is -0.484. The van der Waals surface area contributed by atoms with Crippen LogP contribution in [0.2, 0.25) is 0 Å². The highest BCUT2D eigenvalue weighted by molar-refractivity contribution is 5.93. The third-order valence-electron chi connectivity index (χ3n) is 3.32. The molecule has 1 aromatic heterocycles. The number of hydrogen-bond donors (Lipinski definition) is 2. The van der Waals surface area contributed by atoms with Gasteiger partial charge in [-0.15, -0.1) is 0 Å². The van der Waals surface area contributed by atoms with Gasteiger partial charge in [0.2, 0.25) is 0 Å². The fourth-order valence-corrected chi connectivity index (χ4v) is 2.02. The standard InChI is InChI=1S/C13H20N4O3/c1-2-16-9-11(17(19)20)8-12(16)13(18)15-7-3-6-14-10-4-5-10/h8-10,14H,2-7H2,1H3,(H,15,18). The zero-order chi connectivity index (χ0) is 14.5. The van der Waals surface area contributed by atoms with E-state index in [0.717, 1.165) is 13.0 Å². The number of aryl methyl sites for hydroxylation is 1. The Kier molecular flexibility index (Phi) is 4.73. The van der Waals surface area contributed by atoms with E-state index in [2.05, 4.69) is 10.6 Å². The molecule has 0 radical (unpaired) electrons. The molecule has 0 bridgehead atoms. The first kappa shape index (κ1) is 14.5. The highest BCUT2D eigenvalue weighted by Gasteiger charge is 2.20. The summed E-state index contributed by atoms with van der Waals surface area (Å²) in [7, 11) is 0. The topological polar surface area (TPSA) is 89.2 Å². The van der Waals surface area contributed by atoms with Crippen LogP contribution in [-0.4, -0.2) is 34.5 Å². The lowest BCUT2D eigenvalue weighted by molar-refractivity contribution is -0.384. The van der Waals surface area contributed by atoms with Crippen molar-refractivity contribution in [2.75, 3.05) is 13.1 Å². The van der Waals surface area contributed by atoms with Gasteiger partial charge in [0.15, 0.2) is 0 Å². The van der Waals surface area contributed by atoms with Crippen molar-refractivity contribution >= 4 is 11.6 Å². The monoisotopic (exact) mass is 280 g/mol. The van der Waals surface area contributed by atoms with Crippen LogP contribution in [0.3, 0.4) is 0 Å². The lowest BCUT2D eigenvalue weighted by atomic mass is 10.3. The van der Waals surface area contributed by atoms with E-state index in [4.69, 9.17) is 0 Å². The summed E-state index contributed by atoms with van der Waals surface area (Å²) in [5.74, 6) is -0.258. The van der Waals surface area contributed by atoms with E-state index < -0.39 is 4.92 Å². The van der Waals surface area contributed by atoms with Crippen molar-refractivity contribution in [3.63, 3.8) is 0 Å². The van der Waals surface area contributed by atoms with Gasteiger partial charge in [-0.1, -0.05) is 0 Å². The first-order valence-electron chi connectivity index (χ1n) is 6.98. The second kappa shape index (κ2) is 6.51. The first-order chi connectivity index (χ1) is 9.61. The summed E-state index contributed by atoms with van der Waals surface area (Å²) in [5, 5.41) is 16.9.